The van der Waals surface area contributed by atoms with E-state index in [0.29, 0.717) is 17.3 Å². The Labute approximate surface area is 131 Å². The van der Waals surface area contributed by atoms with Gasteiger partial charge in [0.1, 0.15) is 4.99 Å². The number of hydrogen-bond acceptors (Lipinski definition) is 4. The lowest BCUT2D eigenvalue weighted by atomic mass is 10.1. The molecule has 5 nitrogen and oxygen atoms in total. The van der Waals surface area contributed by atoms with Gasteiger partial charge in [0, 0.05) is 24.4 Å². The number of thiocarbonyl (C=S) groups is 1. The molecular weight excluding hydrogens is 286 g/mol. The second kappa shape index (κ2) is 8.07. The minimum Gasteiger partial charge on any atom is -0.389 e. The maximum absolute atomic E-state index is 12.3. The number of rotatable bonds is 7. The van der Waals surface area contributed by atoms with Gasteiger partial charge in [-0.15, -0.1) is 0 Å². The van der Waals surface area contributed by atoms with E-state index in [0.717, 1.165) is 5.56 Å². The molecule has 0 radical (unpaired) electrons. The summed E-state index contributed by atoms with van der Waals surface area (Å²) in [5.41, 5.74) is 7.01. The minimum atomic E-state index is -0.274. The van der Waals surface area contributed by atoms with Crippen molar-refractivity contribution in [3.8, 4) is 0 Å². The molecule has 2 unspecified atom stereocenters. The third-order valence-corrected chi connectivity index (χ3v) is 3.74. The molecule has 0 aliphatic rings. The minimum absolute atomic E-state index is 0.0828. The van der Waals surface area contributed by atoms with Crippen LogP contribution in [0.1, 0.15) is 19.4 Å². The van der Waals surface area contributed by atoms with Gasteiger partial charge >= 0.3 is 0 Å². The number of nitrogens with zero attached hydrogens (tertiary/aromatic N) is 1. The van der Waals surface area contributed by atoms with Crippen molar-refractivity contribution in [1.29, 1.82) is 0 Å². The zero-order valence-corrected chi connectivity index (χ0v) is 13.7. The molecule has 116 valence electrons. The molecule has 3 N–H and O–H groups in total. The van der Waals surface area contributed by atoms with Crippen LogP contribution >= 0.6 is 12.2 Å². The van der Waals surface area contributed by atoms with Gasteiger partial charge in [0.2, 0.25) is 5.91 Å². The lowest BCUT2D eigenvalue weighted by Crippen LogP contribution is -2.45. The first-order valence-corrected chi connectivity index (χ1v) is 7.19. The normalized spacial score (nSPS) is 13.8. The summed E-state index contributed by atoms with van der Waals surface area (Å²) in [4.78, 5) is 14.6. The SMILES string of the molecule is COCC(C)N(C)C(C)C(=O)Nc1cccc(C(N)=S)c1. The van der Waals surface area contributed by atoms with E-state index in [1.807, 2.05) is 44.0 Å². The van der Waals surface area contributed by atoms with E-state index in [-0.39, 0.29) is 18.0 Å². The average Bonchev–Trinajstić information content (AvgIpc) is 2.46. The predicted molar refractivity (Wildman–Crippen MR) is 89.5 cm³/mol. The zero-order valence-electron chi connectivity index (χ0n) is 12.9. The predicted octanol–water partition coefficient (Wildman–Crippen LogP) is 1.61. The van der Waals surface area contributed by atoms with E-state index in [9.17, 15) is 4.79 Å². The molecule has 1 aromatic carbocycles. The molecule has 0 aliphatic carbocycles. The Morgan fingerprint density at radius 1 is 1.48 bits per heavy atom. The molecule has 0 saturated carbocycles. The highest BCUT2D eigenvalue weighted by molar-refractivity contribution is 7.80. The smallest absolute Gasteiger partial charge is 0.241 e. The van der Waals surface area contributed by atoms with Crippen LogP contribution in [-0.4, -0.2) is 48.6 Å². The van der Waals surface area contributed by atoms with Crippen molar-refractivity contribution in [2.45, 2.75) is 25.9 Å². The van der Waals surface area contributed by atoms with Gasteiger partial charge in [-0.05, 0) is 33.0 Å². The maximum atomic E-state index is 12.3. The van der Waals surface area contributed by atoms with Crippen LogP contribution in [0.25, 0.3) is 0 Å². The number of likely N-dealkylation sites (N-methyl/N-ethyl adjacent to an activating group) is 1. The van der Waals surface area contributed by atoms with Crippen molar-refractivity contribution in [3.63, 3.8) is 0 Å². The highest BCUT2D eigenvalue weighted by Gasteiger charge is 2.22. The second-order valence-electron chi connectivity index (χ2n) is 5.08. The van der Waals surface area contributed by atoms with Crippen LogP contribution in [0.15, 0.2) is 24.3 Å². The van der Waals surface area contributed by atoms with Gasteiger partial charge < -0.3 is 15.8 Å². The fourth-order valence-electron chi connectivity index (χ4n) is 1.92. The lowest BCUT2D eigenvalue weighted by molar-refractivity contribution is -0.121. The van der Waals surface area contributed by atoms with Gasteiger partial charge in [-0.1, -0.05) is 24.4 Å². The molecule has 21 heavy (non-hydrogen) atoms. The average molecular weight is 309 g/mol. The summed E-state index contributed by atoms with van der Waals surface area (Å²) in [5, 5.41) is 2.88. The number of carbonyl (C=O) groups is 1. The highest BCUT2D eigenvalue weighted by atomic mass is 32.1. The number of hydrogen-bond donors (Lipinski definition) is 2. The van der Waals surface area contributed by atoms with Crippen molar-refractivity contribution in [2.75, 3.05) is 26.1 Å². The van der Waals surface area contributed by atoms with Crippen molar-refractivity contribution < 1.29 is 9.53 Å². The maximum Gasteiger partial charge on any atom is 0.241 e. The molecule has 0 heterocycles. The summed E-state index contributed by atoms with van der Waals surface area (Å²) >= 11 is 4.93. The molecule has 0 saturated heterocycles. The van der Waals surface area contributed by atoms with Gasteiger partial charge in [0.15, 0.2) is 0 Å². The van der Waals surface area contributed by atoms with Crippen LogP contribution in [-0.2, 0) is 9.53 Å². The fourth-order valence-corrected chi connectivity index (χ4v) is 2.05. The highest BCUT2D eigenvalue weighted by Crippen LogP contribution is 2.12. The number of benzene rings is 1. The van der Waals surface area contributed by atoms with E-state index < -0.39 is 0 Å². The third kappa shape index (κ3) is 5.08. The van der Waals surface area contributed by atoms with Crippen LogP contribution in [0, 0.1) is 0 Å². The largest absolute Gasteiger partial charge is 0.389 e. The second-order valence-corrected chi connectivity index (χ2v) is 5.52. The first-order valence-electron chi connectivity index (χ1n) is 6.78. The summed E-state index contributed by atoms with van der Waals surface area (Å²) in [6, 6.07) is 7.08. The Morgan fingerprint density at radius 2 is 2.14 bits per heavy atom. The molecule has 0 aliphatic heterocycles. The summed E-state index contributed by atoms with van der Waals surface area (Å²) in [5.74, 6) is -0.0828. The monoisotopic (exact) mass is 309 g/mol. The van der Waals surface area contributed by atoms with Gasteiger partial charge in [0.25, 0.3) is 0 Å². The van der Waals surface area contributed by atoms with Gasteiger partial charge in [-0.3, -0.25) is 9.69 Å². The van der Waals surface area contributed by atoms with Crippen molar-refractivity contribution in [3.05, 3.63) is 29.8 Å². The number of anilines is 1. The molecule has 0 spiro atoms. The summed E-state index contributed by atoms with van der Waals surface area (Å²) in [7, 11) is 3.55. The molecule has 6 heteroatoms. The number of carbonyl (C=O) groups excluding carboxylic acids is 1. The summed E-state index contributed by atoms with van der Waals surface area (Å²) in [6.45, 7) is 4.45. The Balaban J connectivity index is 2.72. The molecule has 1 aromatic rings. The number of ether oxygens (including phenoxy) is 1. The van der Waals surface area contributed by atoms with Crippen LogP contribution in [0.3, 0.4) is 0 Å². The van der Waals surface area contributed by atoms with Gasteiger partial charge in [-0.25, -0.2) is 0 Å². The summed E-state index contributed by atoms with van der Waals surface area (Å²) in [6.07, 6.45) is 0. The Hall–Kier alpha value is -1.50. The Bertz CT molecular complexity index is 507. The van der Waals surface area contributed by atoms with E-state index in [2.05, 4.69) is 5.32 Å². The van der Waals surface area contributed by atoms with Gasteiger partial charge in [0.05, 0.1) is 12.6 Å². The van der Waals surface area contributed by atoms with Crippen LogP contribution in [0.5, 0.6) is 0 Å². The van der Waals surface area contributed by atoms with Crippen molar-refractivity contribution in [1.82, 2.24) is 4.90 Å². The lowest BCUT2D eigenvalue weighted by Gasteiger charge is -2.29. The van der Waals surface area contributed by atoms with Crippen LogP contribution < -0.4 is 11.1 Å². The van der Waals surface area contributed by atoms with Crippen LogP contribution in [0.2, 0.25) is 0 Å². The van der Waals surface area contributed by atoms with E-state index in [1.54, 1.807) is 13.2 Å². The Kier molecular flexibility index (Phi) is 6.74. The first kappa shape index (κ1) is 17.6. The first-order chi connectivity index (χ1) is 9.86. The zero-order chi connectivity index (χ0) is 16.0. The van der Waals surface area contributed by atoms with Crippen LogP contribution in [0.4, 0.5) is 5.69 Å². The molecule has 0 aromatic heterocycles. The quantitative estimate of drug-likeness (QED) is 0.749. The van der Waals surface area contributed by atoms with Crippen molar-refractivity contribution in [2.24, 2.45) is 5.73 Å². The molecule has 2 atom stereocenters. The van der Waals surface area contributed by atoms with Gasteiger partial charge in [-0.2, -0.15) is 0 Å². The van der Waals surface area contributed by atoms with E-state index in [1.165, 1.54) is 0 Å². The molecular formula is C15H23N3O2S. The molecule has 0 fully saturated rings. The summed E-state index contributed by atoms with van der Waals surface area (Å²) < 4.78 is 5.11. The number of nitrogens with two attached hydrogens (primary N) is 1. The van der Waals surface area contributed by atoms with Crippen molar-refractivity contribution >= 4 is 28.8 Å². The molecule has 1 amide bonds. The van der Waals surface area contributed by atoms with E-state index >= 15 is 0 Å². The number of nitrogens with one attached hydrogen (secondary N) is 1. The standard InChI is InChI=1S/C15H23N3O2S/c1-10(9-20-4)18(3)11(2)15(19)17-13-7-5-6-12(8-13)14(16)21/h5-8,10-11H,9H2,1-4H3,(H2,16,21)(H,17,19). The van der Waals surface area contributed by atoms with E-state index in [4.69, 9.17) is 22.7 Å². The fraction of sp³-hybridized carbons (Fsp3) is 0.467. The molecule has 0 bridgehead atoms. The topological polar surface area (TPSA) is 67.6 Å². The number of methoxy groups -OCH3 is 1. The Morgan fingerprint density at radius 3 is 2.71 bits per heavy atom. The number of amides is 1. The third-order valence-electron chi connectivity index (χ3n) is 3.51. The molecule has 1 rings (SSSR count).